The van der Waals surface area contributed by atoms with E-state index in [1.54, 1.807) is 13.0 Å². The lowest BCUT2D eigenvalue weighted by atomic mass is 9.88. The quantitative estimate of drug-likeness (QED) is 0.602. The molecule has 1 heterocycles. The van der Waals surface area contributed by atoms with E-state index in [0.29, 0.717) is 4.73 Å². The van der Waals surface area contributed by atoms with E-state index in [9.17, 15) is 15.1 Å². The third-order valence-corrected chi connectivity index (χ3v) is 3.32. The molecule has 5 nitrogen and oxygen atoms in total. The molecule has 0 saturated heterocycles. The van der Waals surface area contributed by atoms with Gasteiger partial charge in [0.25, 0.3) is 5.91 Å². The fourth-order valence-corrected chi connectivity index (χ4v) is 1.56. The SMILES string of the molecule is CCC(C)C(C)(O)CNC(=O)c1ccc[n+]([O-])c1. The van der Waals surface area contributed by atoms with Crippen LogP contribution in [0.1, 0.15) is 37.6 Å². The molecule has 0 fully saturated rings. The van der Waals surface area contributed by atoms with Crippen molar-refractivity contribution in [3.8, 4) is 0 Å². The summed E-state index contributed by atoms with van der Waals surface area (Å²) in [6.07, 6.45) is 3.34. The first kappa shape index (κ1) is 14.4. The Morgan fingerprint density at radius 1 is 1.67 bits per heavy atom. The number of nitrogens with one attached hydrogen (secondary N) is 1. The number of rotatable bonds is 5. The highest BCUT2D eigenvalue weighted by Crippen LogP contribution is 2.18. The van der Waals surface area contributed by atoms with E-state index >= 15 is 0 Å². The van der Waals surface area contributed by atoms with Crippen molar-refractivity contribution in [1.29, 1.82) is 0 Å². The fraction of sp³-hybridized carbons (Fsp3) is 0.538. The van der Waals surface area contributed by atoms with Crippen LogP contribution < -0.4 is 10.0 Å². The van der Waals surface area contributed by atoms with Crippen molar-refractivity contribution >= 4 is 5.91 Å². The number of hydrogen-bond acceptors (Lipinski definition) is 3. The van der Waals surface area contributed by atoms with Gasteiger partial charge in [0, 0.05) is 12.6 Å². The number of nitrogens with zero attached hydrogens (tertiary/aromatic N) is 1. The van der Waals surface area contributed by atoms with E-state index < -0.39 is 5.60 Å². The molecule has 0 saturated carbocycles. The molecule has 2 N–H and O–H groups in total. The van der Waals surface area contributed by atoms with Gasteiger partial charge in [0.1, 0.15) is 5.56 Å². The minimum absolute atomic E-state index is 0.0815. The first-order chi connectivity index (χ1) is 8.36. The molecule has 2 atom stereocenters. The second-order valence-corrected chi connectivity index (χ2v) is 4.80. The van der Waals surface area contributed by atoms with Gasteiger partial charge in [-0.2, -0.15) is 4.73 Å². The third kappa shape index (κ3) is 3.70. The first-order valence-corrected chi connectivity index (χ1v) is 6.06. The largest absolute Gasteiger partial charge is 0.619 e. The predicted octanol–water partition coefficient (Wildman–Crippen LogP) is 0.847. The zero-order valence-corrected chi connectivity index (χ0v) is 11.0. The normalized spacial score (nSPS) is 15.8. The van der Waals surface area contributed by atoms with Crippen LogP contribution in [0.25, 0.3) is 0 Å². The average molecular weight is 252 g/mol. The van der Waals surface area contributed by atoms with Gasteiger partial charge in [0.05, 0.1) is 5.60 Å². The molecular weight excluding hydrogens is 232 g/mol. The van der Waals surface area contributed by atoms with Crippen LogP contribution >= 0.6 is 0 Å². The molecule has 1 aromatic rings. The number of aromatic nitrogens is 1. The van der Waals surface area contributed by atoms with Crippen LogP contribution in [0.4, 0.5) is 0 Å². The lowest BCUT2D eigenvalue weighted by Gasteiger charge is -2.29. The molecular formula is C13H20N2O3. The molecule has 0 bridgehead atoms. The highest BCUT2D eigenvalue weighted by molar-refractivity contribution is 5.93. The molecule has 0 radical (unpaired) electrons. The Kier molecular flexibility index (Phi) is 4.67. The Bertz CT molecular complexity index is 418. The summed E-state index contributed by atoms with van der Waals surface area (Å²) >= 11 is 0. The Hall–Kier alpha value is -1.62. The minimum atomic E-state index is -0.952. The number of pyridine rings is 1. The van der Waals surface area contributed by atoms with Gasteiger partial charge in [-0.25, -0.2) is 0 Å². The first-order valence-electron chi connectivity index (χ1n) is 6.06. The fourth-order valence-electron chi connectivity index (χ4n) is 1.56. The number of amides is 1. The Balaban J connectivity index is 2.61. The second kappa shape index (κ2) is 5.82. The van der Waals surface area contributed by atoms with Crippen molar-refractivity contribution in [2.45, 2.75) is 32.8 Å². The molecule has 0 aromatic carbocycles. The molecule has 1 aromatic heterocycles. The molecule has 0 aliphatic heterocycles. The summed E-state index contributed by atoms with van der Waals surface area (Å²) in [6.45, 7) is 5.77. The molecule has 1 rings (SSSR count). The van der Waals surface area contributed by atoms with Gasteiger partial charge in [-0.3, -0.25) is 4.79 Å². The van der Waals surface area contributed by atoms with Gasteiger partial charge in [0.15, 0.2) is 12.4 Å². The highest BCUT2D eigenvalue weighted by atomic mass is 16.5. The molecule has 5 heteroatoms. The topological polar surface area (TPSA) is 76.3 Å². The van der Waals surface area contributed by atoms with Crippen LogP contribution in [0, 0.1) is 11.1 Å². The van der Waals surface area contributed by atoms with Gasteiger partial charge >= 0.3 is 0 Å². The maximum Gasteiger partial charge on any atom is 0.257 e. The summed E-state index contributed by atoms with van der Waals surface area (Å²) in [5.41, 5.74) is -0.667. The lowest BCUT2D eigenvalue weighted by molar-refractivity contribution is -0.605. The third-order valence-electron chi connectivity index (χ3n) is 3.32. The van der Waals surface area contributed by atoms with E-state index in [0.717, 1.165) is 6.42 Å². The van der Waals surface area contributed by atoms with Crippen molar-refractivity contribution in [2.24, 2.45) is 5.92 Å². The predicted molar refractivity (Wildman–Crippen MR) is 67.8 cm³/mol. The summed E-state index contributed by atoms with van der Waals surface area (Å²) in [5, 5.41) is 23.8. The number of aliphatic hydroxyl groups is 1. The van der Waals surface area contributed by atoms with Crippen molar-refractivity contribution in [2.75, 3.05) is 6.54 Å². The average Bonchev–Trinajstić information content (AvgIpc) is 2.35. The smallest absolute Gasteiger partial charge is 0.257 e. The molecule has 100 valence electrons. The molecule has 0 aliphatic carbocycles. The highest BCUT2D eigenvalue weighted by Gasteiger charge is 2.27. The van der Waals surface area contributed by atoms with Crippen LogP contribution in [-0.2, 0) is 0 Å². The van der Waals surface area contributed by atoms with E-state index in [1.165, 1.54) is 18.5 Å². The number of carbonyl (C=O) groups excluding carboxylic acids is 1. The van der Waals surface area contributed by atoms with Crippen LogP contribution in [0.2, 0.25) is 0 Å². The summed E-state index contributed by atoms with van der Waals surface area (Å²) in [5.74, 6) is -0.276. The standard InChI is InChI=1S/C13H20N2O3/c1-4-10(2)13(3,17)9-14-12(16)11-6-5-7-15(18)8-11/h5-8,10,17H,4,9H2,1-3H3,(H,14,16). The van der Waals surface area contributed by atoms with E-state index in [4.69, 9.17) is 0 Å². The zero-order valence-electron chi connectivity index (χ0n) is 11.0. The summed E-state index contributed by atoms with van der Waals surface area (Å²) in [6, 6.07) is 3.07. The van der Waals surface area contributed by atoms with Gasteiger partial charge < -0.3 is 15.6 Å². The van der Waals surface area contributed by atoms with Crippen molar-refractivity contribution < 1.29 is 14.6 Å². The molecule has 0 spiro atoms. The van der Waals surface area contributed by atoms with Crippen LogP contribution in [-0.4, -0.2) is 23.2 Å². The van der Waals surface area contributed by atoms with Gasteiger partial charge in [-0.15, -0.1) is 0 Å². The van der Waals surface area contributed by atoms with Gasteiger partial charge in [-0.1, -0.05) is 20.3 Å². The van der Waals surface area contributed by atoms with Crippen LogP contribution in [0.3, 0.4) is 0 Å². The van der Waals surface area contributed by atoms with Gasteiger partial charge in [-0.05, 0) is 18.9 Å². The minimum Gasteiger partial charge on any atom is -0.619 e. The summed E-state index contributed by atoms with van der Waals surface area (Å²) < 4.78 is 0.571. The molecule has 0 aliphatic rings. The maximum absolute atomic E-state index is 11.8. The second-order valence-electron chi connectivity index (χ2n) is 4.80. The van der Waals surface area contributed by atoms with Gasteiger partial charge in [0.2, 0.25) is 0 Å². The summed E-state index contributed by atoms with van der Waals surface area (Å²) in [4.78, 5) is 11.8. The molecule has 2 unspecified atom stereocenters. The van der Waals surface area contributed by atoms with Crippen molar-refractivity contribution in [3.05, 3.63) is 35.3 Å². The van der Waals surface area contributed by atoms with Crippen molar-refractivity contribution in [3.63, 3.8) is 0 Å². The monoisotopic (exact) mass is 252 g/mol. The van der Waals surface area contributed by atoms with Crippen molar-refractivity contribution in [1.82, 2.24) is 5.32 Å². The Morgan fingerprint density at radius 2 is 2.33 bits per heavy atom. The van der Waals surface area contributed by atoms with Crippen LogP contribution in [0.5, 0.6) is 0 Å². The molecule has 18 heavy (non-hydrogen) atoms. The van der Waals surface area contributed by atoms with E-state index in [1.807, 2.05) is 13.8 Å². The maximum atomic E-state index is 11.8. The zero-order chi connectivity index (χ0) is 13.8. The van der Waals surface area contributed by atoms with Crippen LogP contribution in [0.15, 0.2) is 24.5 Å². The van der Waals surface area contributed by atoms with E-state index in [-0.39, 0.29) is 23.9 Å². The Morgan fingerprint density at radius 3 is 2.89 bits per heavy atom. The molecule has 1 amide bonds. The Labute approximate surface area is 107 Å². The summed E-state index contributed by atoms with van der Waals surface area (Å²) in [7, 11) is 0. The number of carbonyl (C=O) groups is 1. The lowest BCUT2D eigenvalue weighted by Crippen LogP contribution is -2.45. The number of hydrogen-bond donors (Lipinski definition) is 2. The van der Waals surface area contributed by atoms with E-state index in [2.05, 4.69) is 5.32 Å².